The van der Waals surface area contributed by atoms with Gasteiger partial charge in [0, 0.05) is 45.0 Å². The molecule has 0 radical (unpaired) electrons. The van der Waals surface area contributed by atoms with Gasteiger partial charge in [-0.05, 0) is 56.7 Å². The fourth-order valence-corrected chi connectivity index (χ4v) is 4.87. The first-order chi connectivity index (χ1) is 22.0. The van der Waals surface area contributed by atoms with E-state index in [1.807, 2.05) is 40.9 Å². The van der Waals surface area contributed by atoms with Gasteiger partial charge in [-0.2, -0.15) is 26.3 Å². The number of carbonyl (C=O) groups excluding carboxylic acids is 1. The number of amides is 1. The molecule has 47 heavy (non-hydrogen) atoms. The Balaban J connectivity index is 0.000000360. The van der Waals surface area contributed by atoms with Crippen LogP contribution in [0.2, 0.25) is 0 Å². The normalized spacial score (nSPS) is 17.3. The first kappa shape index (κ1) is 37.2. The molecule has 0 spiro atoms. The van der Waals surface area contributed by atoms with Gasteiger partial charge in [-0.15, -0.1) is 10.2 Å². The van der Waals surface area contributed by atoms with Gasteiger partial charge in [-0.1, -0.05) is 30.3 Å². The van der Waals surface area contributed by atoms with Crippen LogP contribution in [-0.2, 0) is 16.0 Å². The van der Waals surface area contributed by atoms with Gasteiger partial charge in [0.2, 0.25) is 0 Å². The average Bonchev–Trinajstić information content (AvgIpc) is 3.71. The number of rotatable bonds is 8. The number of piperazine rings is 1. The number of aliphatic carboxylic acids is 2. The van der Waals surface area contributed by atoms with Gasteiger partial charge in [0.1, 0.15) is 0 Å². The minimum absolute atomic E-state index is 0.0628. The van der Waals surface area contributed by atoms with E-state index in [1.165, 1.54) is 24.9 Å². The Labute approximate surface area is 266 Å². The van der Waals surface area contributed by atoms with Crippen LogP contribution in [0.5, 0.6) is 0 Å². The van der Waals surface area contributed by atoms with E-state index in [2.05, 4.69) is 51.3 Å². The Morgan fingerprint density at radius 3 is 2.04 bits per heavy atom. The molecular formula is C30H36F6N6O5. The molecule has 258 valence electrons. The lowest BCUT2D eigenvalue weighted by Gasteiger charge is -2.42. The van der Waals surface area contributed by atoms with Crippen molar-refractivity contribution in [3.05, 3.63) is 65.6 Å². The summed E-state index contributed by atoms with van der Waals surface area (Å²) in [5.74, 6) is -3.78. The number of nitrogens with one attached hydrogen (secondary N) is 1. The van der Waals surface area contributed by atoms with Crippen LogP contribution < -0.4 is 5.32 Å². The Kier molecular flexibility index (Phi) is 12.7. The number of aromatic nitrogens is 3. The van der Waals surface area contributed by atoms with E-state index in [4.69, 9.17) is 19.8 Å². The van der Waals surface area contributed by atoms with Crippen LogP contribution in [0.4, 0.5) is 26.3 Å². The molecule has 1 aromatic carbocycles. The highest BCUT2D eigenvalue weighted by molar-refractivity contribution is 5.94. The Bertz CT molecular complexity index is 1470. The molecule has 3 heterocycles. The van der Waals surface area contributed by atoms with Crippen molar-refractivity contribution in [2.24, 2.45) is 5.92 Å². The van der Waals surface area contributed by atoms with Crippen LogP contribution in [0.15, 0.2) is 48.7 Å². The lowest BCUT2D eigenvalue weighted by molar-refractivity contribution is -0.193. The zero-order valence-electron chi connectivity index (χ0n) is 25.6. The number of halogens is 6. The van der Waals surface area contributed by atoms with E-state index >= 15 is 0 Å². The Hall–Kier alpha value is -4.25. The predicted molar refractivity (Wildman–Crippen MR) is 157 cm³/mol. The highest BCUT2D eigenvalue weighted by atomic mass is 19.4. The van der Waals surface area contributed by atoms with E-state index in [0.29, 0.717) is 18.2 Å². The van der Waals surface area contributed by atoms with Gasteiger partial charge >= 0.3 is 24.3 Å². The van der Waals surface area contributed by atoms with E-state index < -0.39 is 24.3 Å². The van der Waals surface area contributed by atoms with Crippen LogP contribution in [0.1, 0.15) is 54.5 Å². The quantitative estimate of drug-likeness (QED) is 0.296. The molecule has 0 bridgehead atoms. The van der Waals surface area contributed by atoms with Crippen molar-refractivity contribution in [3.63, 3.8) is 0 Å². The summed E-state index contributed by atoms with van der Waals surface area (Å²) in [4.78, 5) is 35.8. The van der Waals surface area contributed by atoms with Gasteiger partial charge in [0.05, 0.1) is 11.6 Å². The summed E-state index contributed by atoms with van der Waals surface area (Å²) in [6.45, 7) is 9.39. The van der Waals surface area contributed by atoms with Crippen molar-refractivity contribution in [3.8, 4) is 0 Å². The lowest BCUT2D eigenvalue weighted by atomic mass is 10.1. The van der Waals surface area contributed by atoms with Crippen molar-refractivity contribution in [1.82, 2.24) is 29.7 Å². The molecule has 17 heteroatoms. The molecule has 1 aliphatic heterocycles. The molecule has 3 N–H and O–H groups in total. The number of nitrogens with zero attached hydrogens (tertiary/aromatic N) is 5. The van der Waals surface area contributed by atoms with E-state index in [0.717, 1.165) is 43.4 Å². The molecule has 1 saturated heterocycles. The largest absolute Gasteiger partial charge is 0.490 e. The summed E-state index contributed by atoms with van der Waals surface area (Å²) in [5.41, 5.74) is 2.64. The Morgan fingerprint density at radius 2 is 1.51 bits per heavy atom. The molecule has 5 rings (SSSR count). The van der Waals surface area contributed by atoms with Crippen molar-refractivity contribution < 1.29 is 50.9 Å². The van der Waals surface area contributed by atoms with Crippen LogP contribution in [0.25, 0.3) is 5.65 Å². The minimum atomic E-state index is -5.08. The second kappa shape index (κ2) is 16.0. The fraction of sp³-hybridized carbons (Fsp3) is 0.500. The molecule has 1 amide bonds. The third-order valence-corrected chi connectivity index (χ3v) is 7.40. The van der Waals surface area contributed by atoms with Gasteiger partial charge in [0.15, 0.2) is 11.5 Å². The SMILES string of the molecule is CC(C)N1CCN(CC2CC2)CC1c1nnc2ccc(C(=O)NCCc3ccccc3)cn12.O=C(O)C(F)(F)F.O=C(O)C(F)(F)F. The standard InChI is InChI=1S/C26H34N6O.2C2HF3O2/c1-19(2)31-15-14-30(16-21-8-9-21)18-23(31)25-29-28-24-11-10-22(17-32(24)25)26(33)27-13-12-20-6-4-3-5-7-20;2*3-2(4,5)1(6)7/h3-7,10-11,17,19,21,23H,8-9,12-16,18H2,1-2H3,(H,27,33);2*(H,6,7). The summed E-state index contributed by atoms with van der Waals surface area (Å²) in [7, 11) is 0. The number of carbonyl (C=O) groups is 3. The zero-order valence-corrected chi connectivity index (χ0v) is 25.6. The van der Waals surface area contributed by atoms with Gasteiger partial charge < -0.3 is 15.5 Å². The number of carboxylic acid groups (broad SMARTS) is 2. The van der Waals surface area contributed by atoms with Crippen molar-refractivity contribution in [2.45, 2.75) is 57.5 Å². The first-order valence-corrected chi connectivity index (χ1v) is 14.7. The summed E-state index contributed by atoms with van der Waals surface area (Å²) in [6.07, 6.45) is -4.72. The summed E-state index contributed by atoms with van der Waals surface area (Å²) in [6, 6.07) is 14.5. The molecule has 1 unspecified atom stereocenters. The molecule has 1 aliphatic carbocycles. The molecule has 3 aromatic rings. The molecule has 1 atom stereocenters. The molecule has 2 fully saturated rings. The highest BCUT2D eigenvalue weighted by Crippen LogP contribution is 2.33. The number of fused-ring (bicyclic) bond motifs is 1. The second-order valence-corrected chi connectivity index (χ2v) is 11.4. The molecule has 2 aliphatic rings. The smallest absolute Gasteiger partial charge is 0.475 e. The third kappa shape index (κ3) is 11.5. The number of carboxylic acids is 2. The maximum absolute atomic E-state index is 12.9. The van der Waals surface area contributed by atoms with Crippen LogP contribution in [-0.4, -0.2) is 104 Å². The molecule has 1 saturated carbocycles. The van der Waals surface area contributed by atoms with Gasteiger partial charge in [-0.3, -0.25) is 19.0 Å². The van der Waals surface area contributed by atoms with E-state index in [1.54, 1.807) is 0 Å². The molecule has 11 nitrogen and oxygen atoms in total. The molecule has 2 aromatic heterocycles. The second-order valence-electron chi connectivity index (χ2n) is 11.4. The number of benzene rings is 1. The number of hydrogen-bond acceptors (Lipinski definition) is 7. The predicted octanol–water partition coefficient (Wildman–Crippen LogP) is 4.45. The number of pyridine rings is 1. The maximum Gasteiger partial charge on any atom is 0.490 e. The number of alkyl halides is 6. The zero-order chi connectivity index (χ0) is 34.9. The third-order valence-electron chi connectivity index (χ3n) is 7.40. The average molecular weight is 675 g/mol. The van der Waals surface area contributed by atoms with E-state index in [9.17, 15) is 31.1 Å². The van der Waals surface area contributed by atoms with Gasteiger partial charge in [0.25, 0.3) is 5.91 Å². The van der Waals surface area contributed by atoms with Gasteiger partial charge in [-0.25, -0.2) is 9.59 Å². The topological polar surface area (TPSA) is 140 Å². The number of hydrogen-bond donors (Lipinski definition) is 3. The summed E-state index contributed by atoms with van der Waals surface area (Å²) in [5, 5.41) is 26.3. The van der Waals surface area contributed by atoms with Crippen LogP contribution in [0, 0.1) is 5.92 Å². The summed E-state index contributed by atoms with van der Waals surface area (Å²) >= 11 is 0. The fourth-order valence-electron chi connectivity index (χ4n) is 4.87. The monoisotopic (exact) mass is 674 g/mol. The van der Waals surface area contributed by atoms with Crippen molar-refractivity contribution >= 4 is 23.5 Å². The van der Waals surface area contributed by atoms with Crippen LogP contribution >= 0.6 is 0 Å². The first-order valence-electron chi connectivity index (χ1n) is 14.7. The van der Waals surface area contributed by atoms with Crippen molar-refractivity contribution in [1.29, 1.82) is 0 Å². The molecular weight excluding hydrogens is 638 g/mol. The van der Waals surface area contributed by atoms with Crippen LogP contribution in [0.3, 0.4) is 0 Å². The minimum Gasteiger partial charge on any atom is -0.475 e. The highest BCUT2D eigenvalue weighted by Gasteiger charge is 2.39. The lowest BCUT2D eigenvalue weighted by Crippen LogP contribution is -2.51. The van der Waals surface area contributed by atoms with E-state index in [-0.39, 0.29) is 11.9 Å². The maximum atomic E-state index is 12.9. The van der Waals surface area contributed by atoms with Crippen molar-refractivity contribution in [2.75, 3.05) is 32.7 Å². The summed E-state index contributed by atoms with van der Waals surface area (Å²) < 4.78 is 65.5. The Morgan fingerprint density at radius 1 is 0.915 bits per heavy atom.